The largest absolute Gasteiger partial charge is 0.319 e. The Balaban J connectivity index is 2.15. The van der Waals surface area contributed by atoms with Crippen LogP contribution in [0.25, 0.3) is 0 Å². The van der Waals surface area contributed by atoms with Crippen molar-refractivity contribution in [3.8, 4) is 0 Å². The Morgan fingerprint density at radius 3 is 2.53 bits per heavy atom. The van der Waals surface area contributed by atoms with Crippen molar-refractivity contribution < 1.29 is 4.79 Å². The lowest BCUT2D eigenvalue weighted by atomic mass is 9.90. The third kappa shape index (κ3) is 3.78. The van der Waals surface area contributed by atoms with Crippen molar-refractivity contribution in [1.29, 1.82) is 0 Å². The summed E-state index contributed by atoms with van der Waals surface area (Å²) in [5.74, 6) is 0.290. The molecular weight excluding hydrogens is 186 g/mol. The topological polar surface area (TPSA) is 43.1 Å². The number of hydrogen-bond donors (Lipinski definition) is 1. The number of rotatable bonds is 7. The van der Waals surface area contributed by atoms with Crippen molar-refractivity contribution in [3.05, 3.63) is 12.7 Å². The van der Waals surface area contributed by atoms with E-state index in [-0.39, 0.29) is 0 Å². The van der Waals surface area contributed by atoms with Crippen LogP contribution in [0.2, 0.25) is 0 Å². The van der Waals surface area contributed by atoms with Gasteiger partial charge in [-0.15, -0.1) is 6.58 Å². The van der Waals surface area contributed by atoms with Gasteiger partial charge in [0.15, 0.2) is 5.78 Å². The summed E-state index contributed by atoms with van der Waals surface area (Å²) in [7, 11) is 0. The molecule has 0 atom stereocenters. The van der Waals surface area contributed by atoms with E-state index in [1.165, 1.54) is 0 Å². The van der Waals surface area contributed by atoms with Gasteiger partial charge in [0.1, 0.15) is 0 Å². The second-order valence-corrected chi connectivity index (χ2v) is 4.67. The van der Waals surface area contributed by atoms with Crippen LogP contribution in [0.4, 0.5) is 0 Å². The molecule has 0 amide bonds. The first-order valence-corrected chi connectivity index (χ1v) is 6.12. The van der Waals surface area contributed by atoms with E-state index in [9.17, 15) is 4.79 Å². The lowest BCUT2D eigenvalue weighted by Gasteiger charge is -2.21. The minimum Gasteiger partial charge on any atom is -0.319 e. The molecule has 1 fully saturated rings. The number of allylic oxidation sites excluding steroid dienone is 1. The van der Waals surface area contributed by atoms with Crippen molar-refractivity contribution >= 4 is 5.78 Å². The number of nitrogens with two attached hydrogens (primary N) is 1. The van der Waals surface area contributed by atoms with Gasteiger partial charge in [-0.2, -0.15) is 0 Å². The van der Waals surface area contributed by atoms with Crippen molar-refractivity contribution in [2.45, 2.75) is 63.3 Å². The molecule has 0 aromatic rings. The van der Waals surface area contributed by atoms with Gasteiger partial charge in [0.25, 0.3) is 0 Å². The molecule has 86 valence electrons. The summed E-state index contributed by atoms with van der Waals surface area (Å²) in [6, 6.07) is 0. The van der Waals surface area contributed by atoms with Gasteiger partial charge in [0, 0.05) is 6.42 Å². The molecule has 2 nitrogen and oxygen atoms in total. The fourth-order valence-corrected chi connectivity index (χ4v) is 2.28. The summed E-state index contributed by atoms with van der Waals surface area (Å²) in [6.45, 7) is 3.68. The molecule has 0 radical (unpaired) electrons. The lowest BCUT2D eigenvalue weighted by molar-refractivity contribution is -0.124. The lowest BCUT2D eigenvalue weighted by Crippen LogP contribution is -2.45. The molecule has 0 spiro atoms. The van der Waals surface area contributed by atoms with Crippen LogP contribution in [0.1, 0.15) is 57.8 Å². The van der Waals surface area contributed by atoms with E-state index in [2.05, 4.69) is 6.58 Å². The highest BCUT2D eigenvalue weighted by atomic mass is 16.1. The zero-order valence-electron chi connectivity index (χ0n) is 9.63. The van der Waals surface area contributed by atoms with Gasteiger partial charge < -0.3 is 5.73 Å². The molecule has 15 heavy (non-hydrogen) atoms. The Hall–Kier alpha value is -0.630. The number of ketones is 1. The monoisotopic (exact) mass is 209 g/mol. The second-order valence-electron chi connectivity index (χ2n) is 4.67. The fraction of sp³-hybridized carbons (Fsp3) is 0.769. The average molecular weight is 209 g/mol. The Bertz CT molecular complexity index is 217. The first-order chi connectivity index (χ1) is 7.19. The smallest absolute Gasteiger partial charge is 0.152 e. The Labute approximate surface area is 92.9 Å². The number of unbranched alkanes of at least 4 members (excludes halogenated alkanes) is 3. The molecule has 0 bridgehead atoms. The summed E-state index contributed by atoms with van der Waals surface area (Å²) < 4.78 is 0. The highest BCUT2D eigenvalue weighted by Crippen LogP contribution is 2.29. The Morgan fingerprint density at radius 2 is 1.93 bits per heavy atom. The van der Waals surface area contributed by atoms with E-state index in [1.54, 1.807) is 0 Å². The van der Waals surface area contributed by atoms with Crippen LogP contribution >= 0.6 is 0 Å². The maximum atomic E-state index is 11.9. The summed E-state index contributed by atoms with van der Waals surface area (Å²) in [6.07, 6.45) is 11.0. The molecule has 1 saturated carbocycles. The van der Waals surface area contributed by atoms with Crippen molar-refractivity contribution in [1.82, 2.24) is 0 Å². The molecule has 0 saturated heterocycles. The van der Waals surface area contributed by atoms with Crippen LogP contribution < -0.4 is 5.73 Å². The number of carbonyl (C=O) groups excluding carboxylic acids is 1. The summed E-state index contributed by atoms with van der Waals surface area (Å²) in [5, 5.41) is 0. The van der Waals surface area contributed by atoms with Crippen molar-refractivity contribution in [2.75, 3.05) is 0 Å². The van der Waals surface area contributed by atoms with E-state index < -0.39 is 5.54 Å². The summed E-state index contributed by atoms with van der Waals surface area (Å²) in [5.41, 5.74) is 5.62. The van der Waals surface area contributed by atoms with Gasteiger partial charge in [-0.25, -0.2) is 0 Å². The van der Waals surface area contributed by atoms with E-state index in [4.69, 9.17) is 5.73 Å². The highest BCUT2D eigenvalue weighted by Gasteiger charge is 2.35. The third-order valence-electron chi connectivity index (χ3n) is 3.36. The number of Topliss-reactive ketones (excluding diaryl/α,β-unsaturated/α-hetero) is 1. The maximum absolute atomic E-state index is 11.9. The van der Waals surface area contributed by atoms with Gasteiger partial charge in [-0.05, 0) is 32.1 Å². The van der Waals surface area contributed by atoms with Crippen LogP contribution in [0.15, 0.2) is 12.7 Å². The zero-order chi connectivity index (χ0) is 11.1. The van der Waals surface area contributed by atoms with E-state index in [0.717, 1.165) is 51.4 Å². The molecule has 2 N–H and O–H groups in total. The zero-order valence-corrected chi connectivity index (χ0v) is 9.63. The first kappa shape index (κ1) is 12.4. The van der Waals surface area contributed by atoms with Crippen LogP contribution in [-0.4, -0.2) is 11.3 Å². The van der Waals surface area contributed by atoms with Crippen LogP contribution in [0.5, 0.6) is 0 Å². The van der Waals surface area contributed by atoms with E-state index in [1.807, 2.05) is 6.08 Å². The molecular formula is C13H23NO. The van der Waals surface area contributed by atoms with Gasteiger partial charge in [0.05, 0.1) is 5.54 Å². The molecule has 0 unspecified atom stereocenters. The highest BCUT2D eigenvalue weighted by molar-refractivity contribution is 5.88. The molecule has 0 aromatic carbocycles. The third-order valence-corrected chi connectivity index (χ3v) is 3.36. The molecule has 0 aliphatic heterocycles. The minimum absolute atomic E-state index is 0.290. The SMILES string of the molecule is C=CCCCCCC(=O)C1(N)CCCC1. The fourth-order valence-electron chi connectivity index (χ4n) is 2.28. The molecule has 0 aromatic heterocycles. The summed E-state index contributed by atoms with van der Waals surface area (Å²) in [4.78, 5) is 11.9. The van der Waals surface area contributed by atoms with Crippen molar-refractivity contribution in [2.24, 2.45) is 5.73 Å². The van der Waals surface area contributed by atoms with Gasteiger partial charge in [-0.3, -0.25) is 4.79 Å². The molecule has 1 aliphatic carbocycles. The minimum atomic E-state index is -0.460. The molecule has 0 heterocycles. The summed E-state index contributed by atoms with van der Waals surface area (Å²) >= 11 is 0. The van der Waals surface area contributed by atoms with Crippen LogP contribution in [-0.2, 0) is 4.79 Å². The number of hydrogen-bond acceptors (Lipinski definition) is 2. The van der Waals surface area contributed by atoms with Crippen molar-refractivity contribution in [3.63, 3.8) is 0 Å². The maximum Gasteiger partial charge on any atom is 0.152 e. The quantitative estimate of drug-likeness (QED) is 0.517. The van der Waals surface area contributed by atoms with Gasteiger partial charge >= 0.3 is 0 Å². The normalized spacial score (nSPS) is 19.0. The molecule has 2 heteroatoms. The molecule has 1 aliphatic rings. The standard InChI is InChI=1S/C13H23NO/c1-2-3-4-5-6-9-12(15)13(14)10-7-8-11-13/h2H,1,3-11,14H2. The number of carbonyl (C=O) groups is 1. The van der Waals surface area contributed by atoms with Crippen LogP contribution in [0.3, 0.4) is 0 Å². The predicted molar refractivity (Wildman–Crippen MR) is 63.7 cm³/mol. The first-order valence-electron chi connectivity index (χ1n) is 6.12. The van der Waals surface area contributed by atoms with Crippen LogP contribution in [0, 0.1) is 0 Å². The Kier molecular flexibility index (Phi) is 5.03. The second kappa shape index (κ2) is 6.06. The van der Waals surface area contributed by atoms with Gasteiger partial charge in [0.2, 0.25) is 0 Å². The predicted octanol–water partition coefficient (Wildman–Crippen LogP) is 2.96. The van der Waals surface area contributed by atoms with E-state index >= 15 is 0 Å². The van der Waals surface area contributed by atoms with Gasteiger partial charge in [-0.1, -0.05) is 25.3 Å². The average Bonchev–Trinajstić information content (AvgIpc) is 2.66. The molecule has 1 rings (SSSR count). The van der Waals surface area contributed by atoms with E-state index in [0.29, 0.717) is 12.2 Å². The Morgan fingerprint density at radius 1 is 1.27 bits per heavy atom.